The third kappa shape index (κ3) is 2.10. The molecular formula is C13H16BrN5S. The highest BCUT2D eigenvalue weighted by Crippen LogP contribution is 2.26. The second-order valence-electron chi connectivity index (χ2n) is 4.61. The van der Waals surface area contributed by atoms with Crippen molar-refractivity contribution in [1.82, 2.24) is 24.5 Å². The maximum Gasteiger partial charge on any atom is 0.196 e. The van der Waals surface area contributed by atoms with E-state index in [4.69, 9.17) is 4.98 Å². The molecule has 0 saturated carbocycles. The van der Waals surface area contributed by atoms with E-state index in [2.05, 4.69) is 56.2 Å². The Balaban J connectivity index is 2.18. The molecule has 0 spiro atoms. The van der Waals surface area contributed by atoms with Crippen LogP contribution in [0.15, 0.2) is 16.0 Å². The molecule has 0 aliphatic heterocycles. The summed E-state index contributed by atoms with van der Waals surface area (Å²) >= 11 is 5.22. The van der Waals surface area contributed by atoms with Crippen LogP contribution in [-0.4, -0.2) is 25.7 Å². The van der Waals surface area contributed by atoms with Crippen LogP contribution in [0.3, 0.4) is 0 Å². The number of aromatic nitrogens is 4. The Kier molecular flexibility index (Phi) is 3.66. The number of fused-ring (bicyclic) bond motifs is 1. The molecule has 3 aromatic heterocycles. The SMILES string of the molecule is CCNCc1c(-n2nc(C)c(Br)c2C)nc2sccn12. The van der Waals surface area contributed by atoms with Gasteiger partial charge in [-0.25, -0.2) is 4.68 Å². The van der Waals surface area contributed by atoms with Crippen molar-refractivity contribution >= 4 is 32.2 Å². The average Bonchev–Trinajstić information content (AvgIpc) is 3.07. The molecule has 3 rings (SSSR count). The van der Waals surface area contributed by atoms with Crippen LogP contribution in [0.5, 0.6) is 0 Å². The molecule has 5 nitrogen and oxygen atoms in total. The fourth-order valence-electron chi connectivity index (χ4n) is 2.23. The summed E-state index contributed by atoms with van der Waals surface area (Å²) in [5.74, 6) is 0.907. The van der Waals surface area contributed by atoms with Gasteiger partial charge in [0.15, 0.2) is 10.8 Å². The lowest BCUT2D eigenvalue weighted by atomic mass is 10.3. The summed E-state index contributed by atoms with van der Waals surface area (Å²) in [7, 11) is 0. The first kappa shape index (κ1) is 13.8. The Labute approximate surface area is 129 Å². The second-order valence-corrected chi connectivity index (χ2v) is 6.28. The Morgan fingerprint density at radius 3 is 2.85 bits per heavy atom. The lowest BCUT2D eigenvalue weighted by Crippen LogP contribution is -2.15. The largest absolute Gasteiger partial charge is 0.311 e. The predicted molar refractivity (Wildman–Crippen MR) is 84.7 cm³/mol. The average molecular weight is 354 g/mol. The standard InChI is InChI=1S/C13H16BrN5S/c1-4-15-7-10-12(16-13-18(10)5-6-20-13)19-9(3)11(14)8(2)17-19/h5-6,15H,4,7H2,1-3H3. The molecule has 0 aliphatic rings. The van der Waals surface area contributed by atoms with Crippen molar-refractivity contribution < 1.29 is 0 Å². The van der Waals surface area contributed by atoms with Crippen LogP contribution in [0.4, 0.5) is 0 Å². The minimum atomic E-state index is 0.777. The summed E-state index contributed by atoms with van der Waals surface area (Å²) in [6.45, 7) is 7.85. The van der Waals surface area contributed by atoms with Crippen LogP contribution in [-0.2, 0) is 6.54 Å². The summed E-state index contributed by atoms with van der Waals surface area (Å²) in [6.07, 6.45) is 2.06. The number of hydrogen-bond acceptors (Lipinski definition) is 4. The van der Waals surface area contributed by atoms with Gasteiger partial charge >= 0.3 is 0 Å². The van der Waals surface area contributed by atoms with Gasteiger partial charge in [0.25, 0.3) is 0 Å². The van der Waals surface area contributed by atoms with Crippen molar-refractivity contribution in [2.24, 2.45) is 0 Å². The molecule has 0 amide bonds. The Morgan fingerprint density at radius 2 is 2.20 bits per heavy atom. The van der Waals surface area contributed by atoms with E-state index in [0.29, 0.717) is 0 Å². The molecule has 20 heavy (non-hydrogen) atoms. The van der Waals surface area contributed by atoms with E-state index >= 15 is 0 Å². The van der Waals surface area contributed by atoms with Gasteiger partial charge in [0.05, 0.1) is 21.6 Å². The summed E-state index contributed by atoms with van der Waals surface area (Å²) in [5, 5.41) is 10.0. The number of aryl methyl sites for hydroxylation is 1. The van der Waals surface area contributed by atoms with Gasteiger partial charge in [0.2, 0.25) is 0 Å². The molecule has 0 aliphatic carbocycles. The highest BCUT2D eigenvalue weighted by Gasteiger charge is 2.19. The van der Waals surface area contributed by atoms with Crippen LogP contribution < -0.4 is 5.32 Å². The summed E-state index contributed by atoms with van der Waals surface area (Å²) in [6, 6.07) is 0. The van der Waals surface area contributed by atoms with E-state index in [0.717, 1.165) is 45.4 Å². The number of rotatable bonds is 4. The van der Waals surface area contributed by atoms with E-state index in [-0.39, 0.29) is 0 Å². The zero-order chi connectivity index (χ0) is 14.3. The van der Waals surface area contributed by atoms with Crippen LogP contribution in [0, 0.1) is 13.8 Å². The molecule has 0 fully saturated rings. The molecule has 0 aromatic carbocycles. The van der Waals surface area contributed by atoms with Gasteiger partial charge in [0, 0.05) is 18.1 Å². The van der Waals surface area contributed by atoms with Gasteiger partial charge in [-0.2, -0.15) is 10.1 Å². The van der Waals surface area contributed by atoms with Crippen molar-refractivity contribution in [2.75, 3.05) is 6.54 Å². The monoisotopic (exact) mass is 353 g/mol. The van der Waals surface area contributed by atoms with Gasteiger partial charge in [-0.05, 0) is 36.3 Å². The molecule has 0 atom stereocenters. The molecule has 0 bridgehead atoms. The molecule has 3 aromatic rings. The topological polar surface area (TPSA) is 47.2 Å². The zero-order valence-electron chi connectivity index (χ0n) is 11.6. The van der Waals surface area contributed by atoms with Crippen molar-refractivity contribution in [3.63, 3.8) is 0 Å². The minimum Gasteiger partial charge on any atom is -0.311 e. The lowest BCUT2D eigenvalue weighted by Gasteiger charge is -2.06. The molecule has 1 N–H and O–H groups in total. The highest BCUT2D eigenvalue weighted by molar-refractivity contribution is 9.10. The molecule has 3 heterocycles. The summed E-state index contributed by atoms with van der Waals surface area (Å²) < 4.78 is 5.10. The number of imidazole rings is 1. The van der Waals surface area contributed by atoms with Crippen molar-refractivity contribution in [3.05, 3.63) is 33.1 Å². The number of hydrogen-bond donors (Lipinski definition) is 1. The Hall–Kier alpha value is -1.18. The number of nitrogens with one attached hydrogen (secondary N) is 1. The van der Waals surface area contributed by atoms with Crippen LogP contribution in [0.25, 0.3) is 10.8 Å². The van der Waals surface area contributed by atoms with Crippen LogP contribution in [0.2, 0.25) is 0 Å². The number of nitrogens with zero attached hydrogens (tertiary/aromatic N) is 4. The maximum atomic E-state index is 4.73. The first-order valence-corrected chi connectivity index (χ1v) is 8.18. The smallest absolute Gasteiger partial charge is 0.196 e. The zero-order valence-corrected chi connectivity index (χ0v) is 14.0. The molecule has 0 unspecified atom stereocenters. The first-order chi connectivity index (χ1) is 9.63. The summed E-state index contributed by atoms with van der Waals surface area (Å²) in [4.78, 5) is 5.73. The van der Waals surface area contributed by atoms with Crippen LogP contribution >= 0.6 is 27.3 Å². The van der Waals surface area contributed by atoms with Crippen molar-refractivity contribution in [1.29, 1.82) is 0 Å². The van der Waals surface area contributed by atoms with Crippen LogP contribution in [0.1, 0.15) is 24.0 Å². The third-order valence-corrected chi connectivity index (χ3v) is 5.19. The van der Waals surface area contributed by atoms with Crippen molar-refractivity contribution in [3.8, 4) is 5.82 Å². The lowest BCUT2D eigenvalue weighted by molar-refractivity contribution is 0.691. The van der Waals surface area contributed by atoms with Gasteiger partial charge in [-0.3, -0.25) is 4.40 Å². The van der Waals surface area contributed by atoms with Gasteiger partial charge in [0.1, 0.15) is 0 Å². The number of thiazole rings is 1. The Bertz CT molecular complexity index is 754. The fourth-order valence-corrected chi connectivity index (χ4v) is 3.20. The summed E-state index contributed by atoms with van der Waals surface area (Å²) in [5.41, 5.74) is 3.19. The second kappa shape index (κ2) is 5.31. The van der Waals surface area contributed by atoms with E-state index in [9.17, 15) is 0 Å². The molecule has 0 saturated heterocycles. The molecular weight excluding hydrogens is 338 g/mol. The fraction of sp³-hybridized carbons (Fsp3) is 0.385. The minimum absolute atomic E-state index is 0.777. The quantitative estimate of drug-likeness (QED) is 0.783. The van der Waals surface area contributed by atoms with Gasteiger partial charge in [-0.15, -0.1) is 11.3 Å². The first-order valence-electron chi connectivity index (χ1n) is 6.50. The Morgan fingerprint density at radius 1 is 1.40 bits per heavy atom. The molecule has 7 heteroatoms. The number of halogens is 1. The van der Waals surface area contributed by atoms with Gasteiger partial charge < -0.3 is 5.32 Å². The normalized spacial score (nSPS) is 11.6. The van der Waals surface area contributed by atoms with Gasteiger partial charge in [-0.1, -0.05) is 6.92 Å². The molecule has 0 radical (unpaired) electrons. The van der Waals surface area contributed by atoms with E-state index in [1.54, 1.807) is 11.3 Å². The highest BCUT2D eigenvalue weighted by atomic mass is 79.9. The van der Waals surface area contributed by atoms with E-state index in [1.165, 1.54) is 0 Å². The molecule has 106 valence electrons. The third-order valence-electron chi connectivity index (χ3n) is 3.29. The van der Waals surface area contributed by atoms with Crippen molar-refractivity contribution in [2.45, 2.75) is 27.3 Å². The maximum absolute atomic E-state index is 4.73. The van der Waals surface area contributed by atoms with E-state index in [1.807, 2.05) is 11.6 Å². The predicted octanol–water partition coefficient (Wildman–Crippen LogP) is 3.07. The van der Waals surface area contributed by atoms with E-state index < -0.39 is 0 Å².